The summed E-state index contributed by atoms with van der Waals surface area (Å²) in [4.78, 5) is 46.7. The van der Waals surface area contributed by atoms with Crippen molar-refractivity contribution in [3.63, 3.8) is 0 Å². The maximum atomic E-state index is 12.4. The van der Waals surface area contributed by atoms with Gasteiger partial charge in [-0.1, -0.05) is 12.1 Å². The summed E-state index contributed by atoms with van der Waals surface area (Å²) < 4.78 is 0. The van der Waals surface area contributed by atoms with Crippen LogP contribution in [0.1, 0.15) is 18.9 Å². The minimum atomic E-state index is -1.59. The lowest BCUT2D eigenvalue weighted by molar-refractivity contribution is -0.143. The summed E-state index contributed by atoms with van der Waals surface area (Å²) >= 11 is 0. The molecule has 0 aromatic heterocycles. The number of nitrogens with two attached hydrogens (primary N) is 1. The second kappa shape index (κ2) is 10.2. The van der Waals surface area contributed by atoms with E-state index in [9.17, 15) is 34.5 Å². The molecule has 0 fully saturated rings. The van der Waals surface area contributed by atoms with E-state index < -0.39 is 54.4 Å². The normalized spacial score (nSPS) is 15.0. The van der Waals surface area contributed by atoms with Crippen LogP contribution in [0.3, 0.4) is 0 Å². The number of carboxylic acid groups (broad SMARTS) is 2. The van der Waals surface area contributed by atoms with Crippen LogP contribution in [0.2, 0.25) is 0 Å². The number of amides is 2. The highest BCUT2D eigenvalue weighted by atomic mass is 16.4. The van der Waals surface area contributed by atoms with Gasteiger partial charge in [-0.15, -0.1) is 0 Å². The van der Waals surface area contributed by atoms with E-state index in [-0.39, 0.29) is 12.2 Å². The van der Waals surface area contributed by atoms with Crippen molar-refractivity contribution in [2.75, 3.05) is 0 Å². The van der Waals surface area contributed by atoms with Crippen LogP contribution in [-0.4, -0.2) is 68.4 Å². The predicted octanol–water partition coefficient (Wildman–Crippen LogP) is -1.83. The van der Waals surface area contributed by atoms with Gasteiger partial charge in [-0.25, -0.2) is 4.79 Å². The zero-order valence-corrected chi connectivity index (χ0v) is 15.0. The maximum absolute atomic E-state index is 12.4. The number of carboxylic acids is 2. The zero-order chi connectivity index (χ0) is 21.4. The third-order valence-corrected chi connectivity index (χ3v) is 3.82. The molecule has 0 saturated heterocycles. The zero-order valence-electron chi connectivity index (χ0n) is 15.0. The van der Waals surface area contributed by atoms with E-state index in [1.807, 2.05) is 0 Å². The second-order valence-corrected chi connectivity index (χ2v) is 6.20. The van der Waals surface area contributed by atoms with E-state index in [1.165, 1.54) is 31.2 Å². The fraction of sp³-hybridized carbons (Fsp3) is 0.412. The molecule has 1 aromatic rings. The van der Waals surface area contributed by atoms with Gasteiger partial charge in [0.1, 0.15) is 23.9 Å². The second-order valence-electron chi connectivity index (χ2n) is 6.20. The Kier molecular flexibility index (Phi) is 8.35. The van der Waals surface area contributed by atoms with Gasteiger partial charge in [-0.2, -0.15) is 0 Å². The minimum absolute atomic E-state index is 0.0154. The van der Waals surface area contributed by atoms with Crippen LogP contribution in [0.25, 0.3) is 0 Å². The third kappa shape index (κ3) is 7.21. The average molecular weight is 397 g/mol. The van der Waals surface area contributed by atoms with Crippen LogP contribution in [-0.2, 0) is 25.6 Å². The number of carbonyl (C=O) groups is 4. The molecule has 1 aromatic carbocycles. The number of phenols is 1. The number of carbonyl (C=O) groups excluding carboxylic acids is 2. The van der Waals surface area contributed by atoms with Crippen LogP contribution in [0.15, 0.2) is 24.3 Å². The molecule has 1 rings (SSSR count). The molecule has 0 heterocycles. The van der Waals surface area contributed by atoms with Crippen molar-refractivity contribution in [2.45, 2.75) is 44.0 Å². The topological polar surface area (TPSA) is 199 Å². The van der Waals surface area contributed by atoms with Crippen molar-refractivity contribution in [3.8, 4) is 5.75 Å². The molecule has 0 spiro atoms. The van der Waals surface area contributed by atoms with Gasteiger partial charge in [-0.3, -0.25) is 14.4 Å². The Morgan fingerprint density at radius 2 is 1.54 bits per heavy atom. The monoisotopic (exact) mass is 397 g/mol. The van der Waals surface area contributed by atoms with Gasteiger partial charge in [0.05, 0.1) is 12.5 Å². The number of aliphatic carboxylic acids is 2. The van der Waals surface area contributed by atoms with Crippen molar-refractivity contribution in [2.24, 2.45) is 5.73 Å². The molecule has 11 heteroatoms. The van der Waals surface area contributed by atoms with Gasteiger partial charge in [0.25, 0.3) is 0 Å². The molecule has 2 amide bonds. The Hall–Kier alpha value is -3.18. The Bertz CT molecular complexity index is 720. The SMILES string of the molecule is C[C@@H](O)[C@@H](N)C(=O)N[C@H](CC(=O)O)C(=O)N[C@@H](Cc1ccc(O)cc1)C(=O)O. The molecular weight excluding hydrogens is 374 g/mol. The third-order valence-electron chi connectivity index (χ3n) is 3.82. The molecule has 8 N–H and O–H groups in total. The Labute approximate surface area is 160 Å². The lowest BCUT2D eigenvalue weighted by atomic mass is 10.0. The number of aliphatic hydroxyl groups excluding tert-OH is 1. The van der Waals surface area contributed by atoms with Crippen LogP contribution in [0.4, 0.5) is 0 Å². The van der Waals surface area contributed by atoms with E-state index in [0.717, 1.165) is 0 Å². The Balaban J connectivity index is 2.89. The van der Waals surface area contributed by atoms with Crippen LogP contribution < -0.4 is 16.4 Å². The van der Waals surface area contributed by atoms with E-state index in [2.05, 4.69) is 10.6 Å². The van der Waals surface area contributed by atoms with Crippen LogP contribution in [0, 0.1) is 0 Å². The molecule has 0 aliphatic carbocycles. The van der Waals surface area contributed by atoms with Gasteiger partial charge in [-0.05, 0) is 24.6 Å². The van der Waals surface area contributed by atoms with Crippen LogP contribution in [0.5, 0.6) is 5.75 Å². The molecule has 0 unspecified atom stereocenters. The standard InChI is InChI=1S/C17H23N3O8/c1-8(21)14(18)16(26)19-11(7-13(23)24)15(25)20-12(17(27)28)6-9-2-4-10(22)5-3-9/h2-5,8,11-12,14,21-22H,6-7,18H2,1H3,(H,19,26)(H,20,25)(H,23,24)(H,27,28)/t8-,11-,12+,14-/m1/s1. The Morgan fingerprint density at radius 1 is 1.00 bits per heavy atom. The molecule has 0 saturated carbocycles. The molecule has 0 radical (unpaired) electrons. The molecule has 154 valence electrons. The largest absolute Gasteiger partial charge is 0.508 e. The number of hydrogen-bond donors (Lipinski definition) is 7. The molecular formula is C17H23N3O8. The highest BCUT2D eigenvalue weighted by molar-refractivity contribution is 5.94. The number of hydrogen-bond acceptors (Lipinski definition) is 7. The fourth-order valence-electron chi connectivity index (χ4n) is 2.21. The maximum Gasteiger partial charge on any atom is 0.326 e. The highest BCUT2D eigenvalue weighted by Crippen LogP contribution is 2.11. The molecule has 28 heavy (non-hydrogen) atoms. The molecule has 4 atom stereocenters. The predicted molar refractivity (Wildman–Crippen MR) is 95.2 cm³/mol. The lowest BCUT2D eigenvalue weighted by Crippen LogP contribution is -2.57. The summed E-state index contributed by atoms with van der Waals surface area (Å²) in [6.07, 6.45) is -2.19. The Morgan fingerprint density at radius 3 is 2.00 bits per heavy atom. The van der Waals surface area contributed by atoms with Crippen molar-refractivity contribution < 1.29 is 39.6 Å². The lowest BCUT2D eigenvalue weighted by Gasteiger charge is -2.22. The molecule has 0 aliphatic rings. The molecule has 11 nitrogen and oxygen atoms in total. The van der Waals surface area contributed by atoms with Gasteiger partial charge in [0.15, 0.2) is 0 Å². The molecule has 0 bridgehead atoms. The van der Waals surface area contributed by atoms with Crippen molar-refractivity contribution in [1.82, 2.24) is 10.6 Å². The van der Waals surface area contributed by atoms with E-state index in [0.29, 0.717) is 5.56 Å². The van der Waals surface area contributed by atoms with Crippen molar-refractivity contribution >= 4 is 23.8 Å². The minimum Gasteiger partial charge on any atom is -0.508 e. The number of aliphatic hydroxyl groups is 1. The number of phenolic OH excluding ortho intramolecular Hbond substituents is 1. The average Bonchev–Trinajstić information content (AvgIpc) is 2.60. The number of rotatable bonds is 10. The smallest absolute Gasteiger partial charge is 0.326 e. The summed E-state index contributed by atoms with van der Waals surface area (Å²) in [5.74, 6) is -4.78. The molecule has 0 aliphatic heterocycles. The van der Waals surface area contributed by atoms with E-state index >= 15 is 0 Å². The number of aromatic hydroxyl groups is 1. The van der Waals surface area contributed by atoms with Crippen molar-refractivity contribution in [3.05, 3.63) is 29.8 Å². The van der Waals surface area contributed by atoms with Crippen molar-refractivity contribution in [1.29, 1.82) is 0 Å². The van der Waals surface area contributed by atoms with Crippen LogP contribution >= 0.6 is 0 Å². The van der Waals surface area contributed by atoms with Gasteiger partial charge in [0, 0.05) is 6.42 Å². The first-order valence-electron chi connectivity index (χ1n) is 8.28. The van der Waals surface area contributed by atoms with Gasteiger partial charge in [0.2, 0.25) is 11.8 Å². The first kappa shape index (κ1) is 22.9. The summed E-state index contributed by atoms with van der Waals surface area (Å²) in [5.41, 5.74) is 5.95. The van der Waals surface area contributed by atoms with E-state index in [1.54, 1.807) is 0 Å². The quantitative estimate of drug-likeness (QED) is 0.237. The first-order valence-corrected chi connectivity index (χ1v) is 8.28. The summed E-state index contributed by atoms with van der Waals surface area (Å²) in [5, 5.41) is 41.1. The summed E-state index contributed by atoms with van der Waals surface area (Å²) in [6, 6.07) is 1.25. The fourth-order valence-corrected chi connectivity index (χ4v) is 2.21. The number of benzene rings is 1. The first-order chi connectivity index (χ1) is 13.0. The van der Waals surface area contributed by atoms with Gasteiger partial charge < -0.3 is 36.8 Å². The number of nitrogens with one attached hydrogen (secondary N) is 2. The van der Waals surface area contributed by atoms with Gasteiger partial charge >= 0.3 is 11.9 Å². The summed E-state index contributed by atoms with van der Waals surface area (Å²) in [7, 11) is 0. The van der Waals surface area contributed by atoms with E-state index in [4.69, 9.17) is 10.8 Å². The highest BCUT2D eigenvalue weighted by Gasteiger charge is 2.30. The summed E-state index contributed by atoms with van der Waals surface area (Å²) in [6.45, 7) is 1.24.